The highest BCUT2D eigenvalue weighted by Crippen LogP contribution is 2.16. The second-order valence-corrected chi connectivity index (χ2v) is 6.74. The Kier molecular flexibility index (Phi) is 5.08. The summed E-state index contributed by atoms with van der Waals surface area (Å²) in [7, 11) is -4.06. The minimum Gasteiger partial charge on any atom is -0.480 e. The predicted molar refractivity (Wildman–Crippen MR) is 76.3 cm³/mol. The van der Waals surface area contributed by atoms with Gasteiger partial charge in [-0.2, -0.15) is 4.72 Å². The quantitative estimate of drug-likeness (QED) is 0.704. The van der Waals surface area contributed by atoms with Crippen LogP contribution in [-0.4, -0.2) is 31.4 Å². The van der Waals surface area contributed by atoms with Gasteiger partial charge in [-0.25, -0.2) is 8.42 Å². The van der Waals surface area contributed by atoms with Gasteiger partial charge >= 0.3 is 5.97 Å². The summed E-state index contributed by atoms with van der Waals surface area (Å²) in [5.74, 6) is -2.45. The summed E-state index contributed by atoms with van der Waals surface area (Å²) in [5, 5.41) is 9.04. The molecule has 0 saturated heterocycles. The van der Waals surface area contributed by atoms with Crippen LogP contribution in [0.1, 0.15) is 29.8 Å². The van der Waals surface area contributed by atoms with Crippen molar-refractivity contribution in [3.63, 3.8) is 0 Å². The molecule has 0 bridgehead atoms. The maximum atomic E-state index is 12.2. The number of aryl methyl sites for hydroxylation is 1. The molecule has 1 aromatic rings. The number of carboxylic acids is 1. The Morgan fingerprint density at radius 1 is 1.29 bits per heavy atom. The Balaban J connectivity index is 3.22. The molecule has 0 spiro atoms. The van der Waals surface area contributed by atoms with Crippen molar-refractivity contribution in [1.82, 2.24) is 4.72 Å². The summed E-state index contributed by atoms with van der Waals surface area (Å²) in [6.45, 7) is 4.80. The molecule has 0 radical (unpaired) electrons. The Labute approximate surface area is 123 Å². The molecule has 4 N–H and O–H groups in total. The Hall–Kier alpha value is -1.93. The molecule has 21 heavy (non-hydrogen) atoms. The van der Waals surface area contributed by atoms with E-state index >= 15 is 0 Å². The van der Waals surface area contributed by atoms with Crippen molar-refractivity contribution in [1.29, 1.82) is 0 Å². The van der Waals surface area contributed by atoms with E-state index in [-0.39, 0.29) is 10.5 Å². The van der Waals surface area contributed by atoms with E-state index in [9.17, 15) is 18.0 Å². The molecule has 1 rings (SSSR count). The van der Waals surface area contributed by atoms with Crippen molar-refractivity contribution in [3.8, 4) is 0 Å². The monoisotopic (exact) mass is 314 g/mol. The molecule has 0 aromatic heterocycles. The number of hydrogen-bond donors (Lipinski definition) is 3. The average Bonchev–Trinajstić information content (AvgIpc) is 2.35. The van der Waals surface area contributed by atoms with E-state index in [1.807, 2.05) is 0 Å². The highest BCUT2D eigenvalue weighted by molar-refractivity contribution is 7.89. The number of benzene rings is 1. The number of rotatable bonds is 6. The first-order valence-corrected chi connectivity index (χ1v) is 7.70. The number of hydrogen-bond acceptors (Lipinski definition) is 4. The molecule has 0 saturated carbocycles. The third-order valence-electron chi connectivity index (χ3n) is 3.00. The third-order valence-corrected chi connectivity index (χ3v) is 4.44. The Bertz CT molecular complexity index is 667. The van der Waals surface area contributed by atoms with Gasteiger partial charge in [-0.3, -0.25) is 9.59 Å². The number of carbonyl (C=O) groups is 2. The standard InChI is InChI=1S/C13H18N2O5S/c1-7(2)11(13(17)18)15-21(19,20)9-5-4-8(3)10(6-9)12(14)16/h4-7,11,15H,1-3H3,(H2,14,16)(H,17,18). The van der Waals surface area contributed by atoms with E-state index in [0.29, 0.717) is 5.56 Å². The fourth-order valence-corrected chi connectivity index (χ4v) is 3.10. The normalized spacial score (nSPS) is 13.1. The number of aliphatic carboxylic acids is 1. The number of primary amides is 1. The lowest BCUT2D eigenvalue weighted by molar-refractivity contribution is -0.140. The summed E-state index contributed by atoms with van der Waals surface area (Å²) >= 11 is 0. The van der Waals surface area contributed by atoms with Crippen molar-refractivity contribution in [2.75, 3.05) is 0 Å². The molecule has 0 heterocycles. The predicted octanol–water partition coefficient (Wildman–Crippen LogP) is 0.481. The SMILES string of the molecule is Cc1ccc(S(=O)(=O)NC(C(=O)O)C(C)C)cc1C(N)=O. The maximum absolute atomic E-state index is 12.2. The van der Waals surface area contributed by atoms with Gasteiger partial charge in [-0.05, 0) is 30.5 Å². The molecular weight excluding hydrogens is 296 g/mol. The van der Waals surface area contributed by atoms with E-state index in [2.05, 4.69) is 4.72 Å². The second kappa shape index (κ2) is 6.23. The number of amides is 1. The molecule has 1 unspecified atom stereocenters. The van der Waals surface area contributed by atoms with Crippen LogP contribution in [0, 0.1) is 12.8 Å². The van der Waals surface area contributed by atoms with E-state index in [1.165, 1.54) is 12.1 Å². The molecule has 116 valence electrons. The van der Waals surface area contributed by atoms with Crippen LogP contribution in [0.4, 0.5) is 0 Å². The van der Waals surface area contributed by atoms with Crippen LogP contribution in [0.15, 0.2) is 23.1 Å². The fraction of sp³-hybridized carbons (Fsp3) is 0.385. The topological polar surface area (TPSA) is 127 Å². The van der Waals surface area contributed by atoms with Crippen LogP contribution < -0.4 is 10.5 Å². The molecule has 0 aliphatic heterocycles. The number of nitrogens with one attached hydrogen (secondary N) is 1. The number of carboxylic acid groups (broad SMARTS) is 1. The molecule has 1 aromatic carbocycles. The zero-order valence-corrected chi connectivity index (χ0v) is 12.8. The van der Waals surface area contributed by atoms with E-state index < -0.39 is 33.9 Å². The minimum absolute atomic E-state index is 0.0781. The van der Waals surface area contributed by atoms with Gasteiger partial charge in [0.05, 0.1) is 4.90 Å². The smallest absolute Gasteiger partial charge is 0.322 e. The van der Waals surface area contributed by atoms with Gasteiger partial charge in [0.2, 0.25) is 15.9 Å². The molecule has 0 aliphatic carbocycles. The van der Waals surface area contributed by atoms with Gasteiger partial charge in [0, 0.05) is 5.56 Å². The zero-order valence-electron chi connectivity index (χ0n) is 12.0. The highest BCUT2D eigenvalue weighted by atomic mass is 32.2. The lowest BCUT2D eigenvalue weighted by Crippen LogP contribution is -2.44. The van der Waals surface area contributed by atoms with Crippen LogP contribution in [0.5, 0.6) is 0 Å². The first kappa shape index (κ1) is 17.1. The van der Waals surface area contributed by atoms with Crippen molar-refractivity contribution >= 4 is 21.9 Å². The molecule has 0 fully saturated rings. The van der Waals surface area contributed by atoms with Crippen LogP contribution in [0.25, 0.3) is 0 Å². The molecule has 1 amide bonds. The summed E-state index contributed by atoms with van der Waals surface area (Å²) in [6.07, 6.45) is 0. The van der Waals surface area contributed by atoms with E-state index in [1.54, 1.807) is 20.8 Å². The molecule has 7 nitrogen and oxygen atoms in total. The highest BCUT2D eigenvalue weighted by Gasteiger charge is 2.28. The lowest BCUT2D eigenvalue weighted by atomic mass is 10.1. The fourth-order valence-electron chi connectivity index (χ4n) is 1.74. The Morgan fingerprint density at radius 2 is 1.86 bits per heavy atom. The molecule has 8 heteroatoms. The van der Waals surface area contributed by atoms with Crippen LogP contribution in [0.2, 0.25) is 0 Å². The lowest BCUT2D eigenvalue weighted by Gasteiger charge is -2.18. The van der Waals surface area contributed by atoms with Crippen molar-refractivity contribution in [2.24, 2.45) is 11.7 Å². The van der Waals surface area contributed by atoms with E-state index in [0.717, 1.165) is 6.07 Å². The summed E-state index contributed by atoms with van der Waals surface area (Å²) in [4.78, 5) is 22.1. The number of carbonyl (C=O) groups excluding carboxylic acids is 1. The maximum Gasteiger partial charge on any atom is 0.322 e. The largest absolute Gasteiger partial charge is 0.480 e. The minimum atomic E-state index is -4.06. The first-order chi connectivity index (χ1) is 9.56. The second-order valence-electron chi connectivity index (χ2n) is 5.02. The van der Waals surface area contributed by atoms with Gasteiger partial charge in [-0.15, -0.1) is 0 Å². The van der Waals surface area contributed by atoms with Crippen molar-refractivity contribution in [3.05, 3.63) is 29.3 Å². The van der Waals surface area contributed by atoms with Crippen molar-refractivity contribution < 1.29 is 23.1 Å². The summed E-state index contributed by atoms with van der Waals surface area (Å²) < 4.78 is 26.5. The van der Waals surface area contributed by atoms with Gasteiger partial charge in [0.15, 0.2) is 0 Å². The van der Waals surface area contributed by atoms with Crippen LogP contribution in [-0.2, 0) is 14.8 Å². The van der Waals surface area contributed by atoms with Gasteiger partial charge in [0.25, 0.3) is 0 Å². The first-order valence-electron chi connectivity index (χ1n) is 6.22. The Morgan fingerprint density at radius 3 is 2.29 bits per heavy atom. The summed E-state index contributed by atoms with van der Waals surface area (Å²) in [6, 6.07) is 2.62. The van der Waals surface area contributed by atoms with Crippen molar-refractivity contribution in [2.45, 2.75) is 31.7 Å². The molecule has 1 atom stereocenters. The van der Waals surface area contributed by atoms with Gasteiger partial charge < -0.3 is 10.8 Å². The van der Waals surface area contributed by atoms with Gasteiger partial charge in [0.1, 0.15) is 6.04 Å². The van der Waals surface area contributed by atoms with Crippen LogP contribution >= 0.6 is 0 Å². The number of nitrogens with two attached hydrogens (primary N) is 1. The van der Waals surface area contributed by atoms with E-state index in [4.69, 9.17) is 10.8 Å². The third kappa shape index (κ3) is 4.02. The molecule has 0 aliphatic rings. The molecular formula is C13H18N2O5S. The van der Waals surface area contributed by atoms with Gasteiger partial charge in [-0.1, -0.05) is 19.9 Å². The zero-order chi connectivity index (χ0) is 16.4. The average molecular weight is 314 g/mol. The number of sulfonamides is 1. The van der Waals surface area contributed by atoms with Crippen LogP contribution in [0.3, 0.4) is 0 Å². The summed E-state index contributed by atoms with van der Waals surface area (Å²) in [5.41, 5.74) is 5.80.